The van der Waals surface area contributed by atoms with E-state index in [1.807, 2.05) is 6.92 Å². The van der Waals surface area contributed by atoms with Gasteiger partial charge in [-0.2, -0.15) is 0 Å². The predicted octanol–water partition coefficient (Wildman–Crippen LogP) is 1.99. The van der Waals surface area contributed by atoms with E-state index < -0.39 is 24.4 Å². The molecular formula is C22H38O7. The lowest BCUT2D eigenvalue weighted by Gasteiger charge is -2.22. The number of hydrogen-bond acceptors (Lipinski definition) is 7. The van der Waals surface area contributed by atoms with E-state index in [1.165, 1.54) is 0 Å². The molecule has 0 aliphatic carbocycles. The summed E-state index contributed by atoms with van der Waals surface area (Å²) in [6.07, 6.45) is 4.90. The van der Waals surface area contributed by atoms with E-state index in [-0.39, 0.29) is 24.3 Å². The molecule has 0 aromatic heterocycles. The molecule has 2 heterocycles. The summed E-state index contributed by atoms with van der Waals surface area (Å²) in [6, 6.07) is 0. The van der Waals surface area contributed by atoms with Gasteiger partial charge >= 0.3 is 5.97 Å². The number of aliphatic hydroxyl groups excluding tert-OH is 4. The molecule has 2 rings (SSSR count). The minimum atomic E-state index is -0.807. The van der Waals surface area contributed by atoms with Crippen molar-refractivity contribution >= 4 is 5.97 Å². The van der Waals surface area contributed by atoms with E-state index >= 15 is 0 Å². The van der Waals surface area contributed by atoms with Gasteiger partial charge in [0.25, 0.3) is 0 Å². The van der Waals surface area contributed by atoms with Crippen LogP contribution in [-0.4, -0.2) is 69.1 Å². The van der Waals surface area contributed by atoms with E-state index in [0.717, 1.165) is 32.1 Å². The van der Waals surface area contributed by atoms with Gasteiger partial charge in [-0.3, -0.25) is 0 Å². The summed E-state index contributed by atoms with van der Waals surface area (Å²) in [5.41, 5.74) is 0.552. The highest BCUT2D eigenvalue weighted by molar-refractivity contribution is 5.90. The van der Waals surface area contributed by atoms with Crippen LogP contribution < -0.4 is 0 Å². The molecule has 29 heavy (non-hydrogen) atoms. The highest BCUT2D eigenvalue weighted by Gasteiger charge is 2.31. The molecule has 0 aromatic carbocycles. The van der Waals surface area contributed by atoms with E-state index in [9.17, 15) is 25.2 Å². The molecule has 0 amide bonds. The molecule has 7 heteroatoms. The normalized spacial score (nSPS) is 28.7. The van der Waals surface area contributed by atoms with Gasteiger partial charge in [0.1, 0.15) is 6.10 Å². The minimum Gasteiger partial charge on any atom is -0.455 e. The second-order valence-electron chi connectivity index (χ2n) is 8.53. The number of rotatable bonds is 13. The third-order valence-corrected chi connectivity index (χ3v) is 5.87. The van der Waals surface area contributed by atoms with Crippen LogP contribution in [0.1, 0.15) is 78.1 Å². The molecule has 0 bridgehead atoms. The first-order valence-corrected chi connectivity index (χ1v) is 11.1. The molecule has 2 aliphatic rings. The maximum Gasteiger partial charge on any atom is 0.334 e. The maximum atomic E-state index is 11.6. The van der Waals surface area contributed by atoms with Crippen LogP contribution >= 0.6 is 0 Å². The molecule has 0 unspecified atom stereocenters. The highest BCUT2D eigenvalue weighted by atomic mass is 16.5. The van der Waals surface area contributed by atoms with Gasteiger partial charge in [-0.05, 0) is 64.4 Å². The van der Waals surface area contributed by atoms with Crippen molar-refractivity contribution in [1.29, 1.82) is 0 Å². The molecule has 0 aromatic rings. The van der Waals surface area contributed by atoms with Gasteiger partial charge in [-0.15, -0.1) is 0 Å². The van der Waals surface area contributed by atoms with Crippen molar-refractivity contribution in [3.63, 3.8) is 0 Å². The van der Waals surface area contributed by atoms with Crippen molar-refractivity contribution in [2.24, 2.45) is 0 Å². The predicted molar refractivity (Wildman–Crippen MR) is 108 cm³/mol. The number of cyclic esters (lactones) is 1. The van der Waals surface area contributed by atoms with Crippen LogP contribution in [-0.2, 0) is 14.3 Å². The highest BCUT2D eigenvalue weighted by Crippen LogP contribution is 2.28. The number of aliphatic hydroxyl groups is 4. The first-order chi connectivity index (χ1) is 13.8. The Labute approximate surface area is 173 Å². The van der Waals surface area contributed by atoms with Crippen molar-refractivity contribution in [2.45, 2.75) is 121 Å². The van der Waals surface area contributed by atoms with Gasteiger partial charge < -0.3 is 29.9 Å². The molecule has 7 atom stereocenters. The Hall–Kier alpha value is -0.990. The van der Waals surface area contributed by atoms with Crippen molar-refractivity contribution < 1.29 is 34.7 Å². The summed E-state index contributed by atoms with van der Waals surface area (Å²) in [5.74, 6) is -0.333. The third kappa shape index (κ3) is 7.98. The lowest BCUT2D eigenvalue weighted by atomic mass is 9.99. The molecule has 7 nitrogen and oxygen atoms in total. The van der Waals surface area contributed by atoms with E-state index in [1.54, 1.807) is 13.0 Å². The third-order valence-electron chi connectivity index (χ3n) is 5.87. The topological polar surface area (TPSA) is 116 Å². The number of carbonyl (C=O) groups excluding carboxylic acids is 1. The first-order valence-electron chi connectivity index (χ1n) is 11.1. The van der Waals surface area contributed by atoms with Gasteiger partial charge in [0.15, 0.2) is 0 Å². The minimum absolute atomic E-state index is 0.0631. The molecule has 0 saturated carbocycles. The Balaban J connectivity index is 1.60. The zero-order chi connectivity index (χ0) is 21.4. The first kappa shape index (κ1) is 24.3. The summed E-state index contributed by atoms with van der Waals surface area (Å²) < 4.78 is 11.0. The number of esters is 1. The molecule has 2 aliphatic heterocycles. The van der Waals surface area contributed by atoms with Crippen LogP contribution in [0.5, 0.6) is 0 Å². The van der Waals surface area contributed by atoms with Crippen LogP contribution in [0, 0.1) is 0 Å². The summed E-state index contributed by atoms with van der Waals surface area (Å²) >= 11 is 0. The fraction of sp³-hybridized carbons (Fsp3) is 0.864. The number of hydrogen-bond donors (Lipinski definition) is 4. The van der Waals surface area contributed by atoms with Crippen LogP contribution in [0.4, 0.5) is 0 Å². The van der Waals surface area contributed by atoms with Crippen molar-refractivity contribution in [3.8, 4) is 0 Å². The number of carbonyl (C=O) groups is 1. The second-order valence-corrected chi connectivity index (χ2v) is 8.53. The second kappa shape index (κ2) is 12.0. The molecule has 168 valence electrons. The summed E-state index contributed by atoms with van der Waals surface area (Å²) in [4.78, 5) is 11.6. The smallest absolute Gasteiger partial charge is 0.334 e. The largest absolute Gasteiger partial charge is 0.455 e. The quantitative estimate of drug-likeness (QED) is 0.341. The SMILES string of the molecule is CCC[C@@H](O)[C@H](O)CC[C@H](O)[C@@H]1CC[C@@H](CCC[C@@H](O)CC2=C[C@H](C)OC2=O)O1. The van der Waals surface area contributed by atoms with Gasteiger partial charge in [-0.1, -0.05) is 13.3 Å². The van der Waals surface area contributed by atoms with Crippen LogP contribution in [0.3, 0.4) is 0 Å². The molecule has 1 saturated heterocycles. The monoisotopic (exact) mass is 414 g/mol. The average Bonchev–Trinajstić information content (AvgIpc) is 3.26. The maximum absolute atomic E-state index is 11.6. The zero-order valence-electron chi connectivity index (χ0n) is 17.7. The van der Waals surface area contributed by atoms with Crippen molar-refractivity contribution in [2.75, 3.05) is 0 Å². The number of ether oxygens (including phenoxy) is 2. The van der Waals surface area contributed by atoms with E-state index in [2.05, 4.69) is 0 Å². The Morgan fingerprint density at radius 3 is 2.45 bits per heavy atom. The summed E-state index contributed by atoms with van der Waals surface area (Å²) in [5, 5.41) is 40.2. The summed E-state index contributed by atoms with van der Waals surface area (Å²) in [7, 11) is 0. The van der Waals surface area contributed by atoms with Gasteiger partial charge in [0.2, 0.25) is 0 Å². The zero-order valence-corrected chi connectivity index (χ0v) is 17.7. The Bertz CT molecular complexity index is 535. The van der Waals surface area contributed by atoms with E-state index in [0.29, 0.717) is 37.7 Å². The van der Waals surface area contributed by atoms with E-state index in [4.69, 9.17) is 9.47 Å². The fourth-order valence-corrected chi connectivity index (χ4v) is 4.16. The van der Waals surface area contributed by atoms with Gasteiger partial charge in [-0.25, -0.2) is 4.79 Å². The van der Waals surface area contributed by atoms with Gasteiger partial charge in [0.05, 0.1) is 36.6 Å². The lowest BCUT2D eigenvalue weighted by Crippen LogP contribution is -2.31. The summed E-state index contributed by atoms with van der Waals surface area (Å²) in [6.45, 7) is 3.75. The van der Waals surface area contributed by atoms with Crippen LogP contribution in [0.15, 0.2) is 11.6 Å². The standard InChI is InChI=1S/C22H38O7/c1-3-5-18(24)19(25)9-10-20(26)21-11-8-17(29-21)7-4-6-16(23)13-15-12-14(2)28-22(15)27/h12,14,16-21,23-26H,3-11,13H2,1-2H3/t14-,16+,17+,18+,19+,20-,21-/m0/s1. The molecular weight excluding hydrogens is 376 g/mol. The molecule has 0 radical (unpaired) electrons. The van der Waals surface area contributed by atoms with Crippen molar-refractivity contribution in [3.05, 3.63) is 11.6 Å². The molecule has 4 N–H and O–H groups in total. The molecule has 0 spiro atoms. The van der Waals surface area contributed by atoms with Crippen molar-refractivity contribution in [1.82, 2.24) is 0 Å². The lowest BCUT2D eigenvalue weighted by molar-refractivity contribution is -0.139. The van der Waals surface area contributed by atoms with Crippen LogP contribution in [0.25, 0.3) is 0 Å². The molecule has 1 fully saturated rings. The average molecular weight is 415 g/mol. The Kier molecular flexibility index (Phi) is 10.1. The Morgan fingerprint density at radius 1 is 1.07 bits per heavy atom. The van der Waals surface area contributed by atoms with Gasteiger partial charge in [0, 0.05) is 12.0 Å². The Morgan fingerprint density at radius 2 is 1.79 bits per heavy atom. The van der Waals surface area contributed by atoms with Crippen LogP contribution in [0.2, 0.25) is 0 Å². The fourth-order valence-electron chi connectivity index (χ4n) is 4.16.